The van der Waals surface area contributed by atoms with Crippen LogP contribution in [0, 0.1) is 0 Å². The number of nitrogens with zero attached hydrogens (tertiary/aromatic N) is 1. The highest BCUT2D eigenvalue weighted by molar-refractivity contribution is 6.30. The third-order valence-electron chi connectivity index (χ3n) is 3.39. The molecule has 0 unspecified atom stereocenters. The smallest absolute Gasteiger partial charge is 0.236 e. The molecule has 3 nitrogen and oxygen atoms in total. The number of halogens is 1. The van der Waals surface area contributed by atoms with Gasteiger partial charge in [0.15, 0.2) is 0 Å². The zero-order chi connectivity index (χ0) is 13.0. The minimum Gasteiger partial charge on any atom is -0.342 e. The van der Waals surface area contributed by atoms with Crippen molar-refractivity contribution >= 4 is 17.5 Å². The molecular weight excluding hydrogens is 248 g/mol. The van der Waals surface area contributed by atoms with Crippen molar-refractivity contribution in [2.24, 2.45) is 0 Å². The lowest BCUT2D eigenvalue weighted by Gasteiger charge is -2.18. The lowest BCUT2D eigenvalue weighted by Crippen LogP contribution is -2.37. The highest BCUT2D eigenvalue weighted by Crippen LogP contribution is 2.16. The van der Waals surface area contributed by atoms with Crippen LogP contribution >= 0.6 is 11.6 Å². The van der Waals surface area contributed by atoms with E-state index in [0.29, 0.717) is 6.54 Å². The molecule has 0 saturated carbocycles. The highest BCUT2D eigenvalue weighted by atomic mass is 35.5. The molecule has 1 amide bonds. The number of carbonyl (C=O) groups is 1. The second-order valence-corrected chi connectivity index (χ2v) is 5.18. The van der Waals surface area contributed by atoms with E-state index in [1.54, 1.807) is 0 Å². The Kier molecular flexibility index (Phi) is 4.61. The van der Waals surface area contributed by atoms with Crippen LogP contribution in [-0.2, 0) is 4.79 Å². The number of rotatable bonds is 4. The summed E-state index contributed by atoms with van der Waals surface area (Å²) >= 11 is 5.85. The van der Waals surface area contributed by atoms with Crippen LogP contribution in [0.3, 0.4) is 0 Å². The fourth-order valence-electron chi connectivity index (χ4n) is 2.19. The van der Waals surface area contributed by atoms with Crippen LogP contribution in [-0.4, -0.2) is 30.4 Å². The van der Waals surface area contributed by atoms with Gasteiger partial charge in [0, 0.05) is 24.2 Å². The second kappa shape index (κ2) is 6.21. The van der Waals surface area contributed by atoms with E-state index in [9.17, 15) is 4.79 Å². The van der Waals surface area contributed by atoms with Gasteiger partial charge in [-0.05, 0) is 37.5 Å². The fraction of sp³-hybridized carbons (Fsp3) is 0.500. The van der Waals surface area contributed by atoms with Gasteiger partial charge in [-0.25, -0.2) is 0 Å². The SMILES string of the molecule is C[C@H](NCC(=O)N1CCCC1)c1ccc(Cl)cc1. The largest absolute Gasteiger partial charge is 0.342 e. The van der Waals surface area contributed by atoms with Crippen LogP contribution < -0.4 is 5.32 Å². The van der Waals surface area contributed by atoms with Crippen LogP contribution in [0.15, 0.2) is 24.3 Å². The molecular formula is C14H19ClN2O. The Hall–Kier alpha value is -1.06. The van der Waals surface area contributed by atoms with Crippen LogP contribution in [0.5, 0.6) is 0 Å². The van der Waals surface area contributed by atoms with E-state index in [-0.39, 0.29) is 11.9 Å². The van der Waals surface area contributed by atoms with E-state index in [1.807, 2.05) is 29.2 Å². The van der Waals surface area contributed by atoms with Crippen molar-refractivity contribution in [2.45, 2.75) is 25.8 Å². The van der Waals surface area contributed by atoms with Crippen LogP contribution in [0.25, 0.3) is 0 Å². The van der Waals surface area contributed by atoms with Gasteiger partial charge in [-0.2, -0.15) is 0 Å². The predicted octanol–water partition coefficient (Wildman–Crippen LogP) is 2.61. The van der Waals surface area contributed by atoms with Crippen molar-refractivity contribution in [1.82, 2.24) is 10.2 Å². The maximum Gasteiger partial charge on any atom is 0.236 e. The molecule has 1 aromatic rings. The van der Waals surface area contributed by atoms with Gasteiger partial charge in [0.2, 0.25) is 5.91 Å². The van der Waals surface area contributed by atoms with E-state index in [0.717, 1.165) is 36.5 Å². The molecule has 1 aromatic carbocycles. The quantitative estimate of drug-likeness (QED) is 0.909. The number of hydrogen-bond acceptors (Lipinski definition) is 2. The molecule has 1 fully saturated rings. The molecule has 1 heterocycles. The molecule has 0 bridgehead atoms. The summed E-state index contributed by atoms with van der Waals surface area (Å²) in [7, 11) is 0. The standard InChI is InChI=1S/C14H19ClN2O/c1-11(12-4-6-13(15)7-5-12)16-10-14(18)17-8-2-3-9-17/h4-7,11,16H,2-3,8-10H2,1H3/t11-/m0/s1. The Morgan fingerprint density at radius 1 is 1.33 bits per heavy atom. The Labute approximate surface area is 113 Å². The molecule has 1 aliphatic heterocycles. The summed E-state index contributed by atoms with van der Waals surface area (Å²) in [6.45, 7) is 4.29. The molecule has 18 heavy (non-hydrogen) atoms. The number of nitrogens with one attached hydrogen (secondary N) is 1. The van der Waals surface area contributed by atoms with Crippen LogP contribution in [0.4, 0.5) is 0 Å². The van der Waals surface area contributed by atoms with Gasteiger partial charge in [0.05, 0.1) is 6.54 Å². The van der Waals surface area contributed by atoms with Gasteiger partial charge in [0.1, 0.15) is 0 Å². The average Bonchev–Trinajstić information content (AvgIpc) is 2.90. The van der Waals surface area contributed by atoms with Crippen molar-refractivity contribution in [2.75, 3.05) is 19.6 Å². The van der Waals surface area contributed by atoms with Gasteiger partial charge in [-0.15, -0.1) is 0 Å². The number of amides is 1. The summed E-state index contributed by atoms with van der Waals surface area (Å²) in [6.07, 6.45) is 2.27. The molecule has 4 heteroatoms. The van der Waals surface area contributed by atoms with Gasteiger partial charge in [-0.3, -0.25) is 4.79 Å². The Bertz CT molecular complexity index is 399. The van der Waals surface area contributed by atoms with Crippen molar-refractivity contribution in [3.63, 3.8) is 0 Å². The summed E-state index contributed by atoms with van der Waals surface area (Å²) < 4.78 is 0. The number of hydrogen-bond donors (Lipinski definition) is 1. The first-order chi connectivity index (χ1) is 8.66. The maximum atomic E-state index is 11.9. The van der Waals surface area contributed by atoms with E-state index in [4.69, 9.17) is 11.6 Å². The normalized spacial score (nSPS) is 16.9. The molecule has 1 atom stereocenters. The molecule has 1 saturated heterocycles. The van der Waals surface area contributed by atoms with Gasteiger partial charge < -0.3 is 10.2 Å². The van der Waals surface area contributed by atoms with E-state index in [1.165, 1.54) is 0 Å². The molecule has 0 spiro atoms. The lowest BCUT2D eigenvalue weighted by atomic mass is 10.1. The topological polar surface area (TPSA) is 32.3 Å². The molecule has 1 N–H and O–H groups in total. The Balaban J connectivity index is 1.82. The summed E-state index contributed by atoms with van der Waals surface area (Å²) in [5.74, 6) is 0.202. The molecule has 0 radical (unpaired) electrons. The minimum absolute atomic E-state index is 0.161. The third-order valence-corrected chi connectivity index (χ3v) is 3.64. The highest BCUT2D eigenvalue weighted by Gasteiger charge is 2.18. The summed E-state index contributed by atoms with van der Waals surface area (Å²) in [6, 6.07) is 7.88. The van der Waals surface area contributed by atoms with Crippen LogP contribution in [0.1, 0.15) is 31.4 Å². The lowest BCUT2D eigenvalue weighted by molar-refractivity contribution is -0.129. The molecule has 0 aliphatic carbocycles. The van der Waals surface area contributed by atoms with E-state index < -0.39 is 0 Å². The van der Waals surface area contributed by atoms with Crippen molar-refractivity contribution in [3.8, 4) is 0 Å². The fourth-order valence-corrected chi connectivity index (χ4v) is 2.31. The Morgan fingerprint density at radius 2 is 1.94 bits per heavy atom. The van der Waals surface area contributed by atoms with Crippen molar-refractivity contribution < 1.29 is 4.79 Å². The Morgan fingerprint density at radius 3 is 2.56 bits per heavy atom. The van der Waals surface area contributed by atoms with Crippen molar-refractivity contribution in [1.29, 1.82) is 0 Å². The number of likely N-dealkylation sites (tertiary alicyclic amines) is 1. The minimum atomic E-state index is 0.161. The summed E-state index contributed by atoms with van der Waals surface area (Å²) in [5.41, 5.74) is 1.15. The van der Waals surface area contributed by atoms with Gasteiger partial charge >= 0.3 is 0 Å². The maximum absolute atomic E-state index is 11.9. The average molecular weight is 267 g/mol. The molecule has 0 aromatic heterocycles. The van der Waals surface area contributed by atoms with Crippen molar-refractivity contribution in [3.05, 3.63) is 34.9 Å². The number of benzene rings is 1. The first-order valence-electron chi connectivity index (χ1n) is 6.43. The summed E-state index contributed by atoms with van der Waals surface area (Å²) in [4.78, 5) is 13.8. The summed E-state index contributed by atoms with van der Waals surface area (Å²) in [5, 5.41) is 4.00. The third kappa shape index (κ3) is 3.47. The van der Waals surface area contributed by atoms with Gasteiger partial charge in [-0.1, -0.05) is 23.7 Å². The first-order valence-corrected chi connectivity index (χ1v) is 6.81. The zero-order valence-electron chi connectivity index (χ0n) is 10.7. The second-order valence-electron chi connectivity index (χ2n) is 4.74. The van der Waals surface area contributed by atoms with Gasteiger partial charge in [0.25, 0.3) is 0 Å². The van der Waals surface area contributed by atoms with Crippen LogP contribution in [0.2, 0.25) is 5.02 Å². The molecule has 98 valence electrons. The molecule has 2 rings (SSSR count). The zero-order valence-corrected chi connectivity index (χ0v) is 11.4. The first kappa shape index (κ1) is 13.4. The number of carbonyl (C=O) groups excluding carboxylic acids is 1. The van der Waals surface area contributed by atoms with E-state index in [2.05, 4.69) is 12.2 Å². The monoisotopic (exact) mass is 266 g/mol. The predicted molar refractivity (Wildman–Crippen MR) is 73.7 cm³/mol. The molecule has 1 aliphatic rings. The van der Waals surface area contributed by atoms with E-state index >= 15 is 0 Å².